The molecule has 0 unspecified atom stereocenters. The molecule has 1 aromatic carbocycles. The Balaban J connectivity index is 2.81. The maximum atomic E-state index is 10.7. The summed E-state index contributed by atoms with van der Waals surface area (Å²) < 4.78 is 6.08. The van der Waals surface area contributed by atoms with Crippen LogP contribution in [-0.4, -0.2) is 31.7 Å². The maximum Gasteiger partial charge on any atom is 0.191 e. The summed E-state index contributed by atoms with van der Waals surface area (Å²) in [6.07, 6.45) is 0.300. The number of aliphatic hydroxyl groups excluding tert-OH is 1. The molecule has 0 spiro atoms. The zero-order chi connectivity index (χ0) is 17.2. The number of benzene rings is 1. The van der Waals surface area contributed by atoms with Gasteiger partial charge < -0.3 is 14.6 Å². The Morgan fingerprint density at radius 2 is 1.73 bits per heavy atom. The second-order valence-corrected chi connectivity index (χ2v) is 12.8. The van der Waals surface area contributed by atoms with Gasteiger partial charge in [0.05, 0.1) is 16.7 Å². The quantitative estimate of drug-likeness (QED) is 0.725. The summed E-state index contributed by atoms with van der Waals surface area (Å²) in [7, 11) is -1.88. The van der Waals surface area contributed by atoms with Crippen molar-refractivity contribution < 1.29 is 14.6 Å². The molecule has 0 aliphatic carbocycles. The SMILES string of the molecule is CC(C)(C)[Si](C)(C)OCC[C@](O)(CO)c1ccc(Cl)c(Cl)c1. The first-order valence-corrected chi connectivity index (χ1v) is 11.0. The Bertz CT molecular complexity index is 515. The summed E-state index contributed by atoms with van der Waals surface area (Å²) in [5, 5.41) is 21.2. The van der Waals surface area contributed by atoms with Gasteiger partial charge in [0.2, 0.25) is 0 Å². The highest BCUT2D eigenvalue weighted by molar-refractivity contribution is 6.74. The molecule has 0 radical (unpaired) electrons. The summed E-state index contributed by atoms with van der Waals surface area (Å²) in [6, 6.07) is 4.89. The fraction of sp³-hybridized carbons (Fsp3) is 0.625. The lowest BCUT2D eigenvalue weighted by Crippen LogP contribution is -2.42. The van der Waals surface area contributed by atoms with Gasteiger partial charge in [0.15, 0.2) is 8.32 Å². The van der Waals surface area contributed by atoms with Crippen LogP contribution in [0.5, 0.6) is 0 Å². The number of aliphatic hydroxyl groups is 2. The average Bonchev–Trinajstić information content (AvgIpc) is 2.40. The standard InChI is InChI=1S/C16H26Cl2O3Si/c1-15(2,3)22(4,5)21-9-8-16(20,11-19)12-6-7-13(17)14(18)10-12/h6-7,10,19-20H,8-9,11H2,1-5H3/t16-/m0/s1. The smallest absolute Gasteiger partial charge is 0.191 e. The molecular weight excluding hydrogens is 339 g/mol. The summed E-state index contributed by atoms with van der Waals surface area (Å²) in [4.78, 5) is 0. The zero-order valence-corrected chi connectivity index (χ0v) is 16.4. The first kappa shape index (κ1) is 19.9. The van der Waals surface area contributed by atoms with E-state index in [1.165, 1.54) is 0 Å². The second kappa shape index (κ2) is 7.20. The van der Waals surface area contributed by atoms with Crippen LogP contribution in [0.3, 0.4) is 0 Å². The predicted octanol–water partition coefficient (Wildman–Crippen LogP) is 4.59. The molecular formula is C16H26Cl2O3Si. The Hall–Kier alpha value is -0.103. The summed E-state index contributed by atoms with van der Waals surface area (Å²) in [5.74, 6) is 0. The van der Waals surface area contributed by atoms with Crippen molar-refractivity contribution in [1.29, 1.82) is 0 Å². The van der Waals surface area contributed by atoms with Crippen LogP contribution in [0.25, 0.3) is 0 Å². The largest absolute Gasteiger partial charge is 0.417 e. The number of hydrogen-bond donors (Lipinski definition) is 2. The Morgan fingerprint density at radius 1 is 1.14 bits per heavy atom. The molecule has 0 bridgehead atoms. The maximum absolute atomic E-state index is 10.7. The molecule has 1 rings (SSSR count). The molecule has 0 aliphatic rings. The highest BCUT2D eigenvalue weighted by Gasteiger charge is 2.38. The van der Waals surface area contributed by atoms with E-state index in [1.54, 1.807) is 18.2 Å². The van der Waals surface area contributed by atoms with Crippen molar-refractivity contribution in [3.63, 3.8) is 0 Å². The average molecular weight is 365 g/mol. The third-order valence-electron chi connectivity index (χ3n) is 4.50. The zero-order valence-electron chi connectivity index (χ0n) is 13.9. The molecule has 6 heteroatoms. The summed E-state index contributed by atoms with van der Waals surface area (Å²) in [5.41, 5.74) is -0.834. The Morgan fingerprint density at radius 3 is 2.18 bits per heavy atom. The van der Waals surface area contributed by atoms with Gasteiger partial charge in [-0.3, -0.25) is 0 Å². The first-order chi connectivity index (χ1) is 9.93. The molecule has 2 N–H and O–H groups in total. The Labute approximate surface area is 144 Å². The Kier molecular flexibility index (Phi) is 6.53. The van der Waals surface area contributed by atoms with Gasteiger partial charge in [-0.15, -0.1) is 0 Å². The predicted molar refractivity (Wildman–Crippen MR) is 95.2 cm³/mol. The number of halogens is 2. The van der Waals surface area contributed by atoms with Gasteiger partial charge in [0, 0.05) is 13.0 Å². The molecule has 0 heterocycles. The first-order valence-electron chi connectivity index (χ1n) is 7.36. The lowest BCUT2D eigenvalue weighted by Gasteiger charge is -2.37. The van der Waals surface area contributed by atoms with Crippen molar-refractivity contribution >= 4 is 31.5 Å². The van der Waals surface area contributed by atoms with E-state index in [2.05, 4.69) is 33.9 Å². The lowest BCUT2D eigenvalue weighted by atomic mass is 9.92. The van der Waals surface area contributed by atoms with Crippen LogP contribution in [0.4, 0.5) is 0 Å². The highest BCUT2D eigenvalue weighted by Crippen LogP contribution is 2.37. The molecule has 3 nitrogen and oxygen atoms in total. The fourth-order valence-corrected chi connectivity index (χ4v) is 3.14. The van der Waals surface area contributed by atoms with E-state index in [9.17, 15) is 10.2 Å². The van der Waals surface area contributed by atoms with Gasteiger partial charge in [-0.1, -0.05) is 50.0 Å². The van der Waals surface area contributed by atoms with Crippen LogP contribution in [0, 0.1) is 0 Å². The second-order valence-electron chi connectivity index (χ2n) is 7.18. The van der Waals surface area contributed by atoms with Crippen molar-refractivity contribution in [3.05, 3.63) is 33.8 Å². The van der Waals surface area contributed by atoms with E-state index in [1.807, 2.05) is 0 Å². The summed E-state index contributed by atoms with van der Waals surface area (Å²) in [6.45, 7) is 10.8. The van der Waals surface area contributed by atoms with E-state index in [4.69, 9.17) is 27.6 Å². The molecule has 0 fully saturated rings. The fourth-order valence-electron chi connectivity index (χ4n) is 1.79. The minimum absolute atomic E-state index is 0.105. The van der Waals surface area contributed by atoms with Crippen molar-refractivity contribution in [2.75, 3.05) is 13.2 Å². The monoisotopic (exact) mass is 364 g/mol. The van der Waals surface area contributed by atoms with E-state index in [0.29, 0.717) is 28.6 Å². The molecule has 0 aliphatic heterocycles. The minimum atomic E-state index is -1.88. The molecule has 0 saturated carbocycles. The lowest BCUT2D eigenvalue weighted by molar-refractivity contribution is -0.0355. The van der Waals surface area contributed by atoms with Gasteiger partial charge in [-0.25, -0.2) is 0 Å². The van der Waals surface area contributed by atoms with E-state index < -0.39 is 20.5 Å². The van der Waals surface area contributed by atoms with Crippen molar-refractivity contribution in [2.45, 2.75) is 50.9 Å². The number of hydrogen-bond acceptors (Lipinski definition) is 3. The van der Waals surface area contributed by atoms with Crippen LogP contribution in [0.15, 0.2) is 18.2 Å². The van der Waals surface area contributed by atoms with E-state index in [-0.39, 0.29) is 5.04 Å². The van der Waals surface area contributed by atoms with Gasteiger partial charge in [-0.2, -0.15) is 0 Å². The van der Waals surface area contributed by atoms with E-state index >= 15 is 0 Å². The molecule has 1 aromatic rings. The molecule has 126 valence electrons. The third kappa shape index (κ3) is 4.70. The minimum Gasteiger partial charge on any atom is -0.417 e. The number of rotatable bonds is 6. The van der Waals surface area contributed by atoms with E-state index in [0.717, 1.165) is 0 Å². The molecule has 1 atom stereocenters. The molecule has 0 saturated heterocycles. The summed E-state index contributed by atoms with van der Waals surface area (Å²) >= 11 is 11.9. The van der Waals surface area contributed by atoms with Crippen molar-refractivity contribution in [2.24, 2.45) is 0 Å². The normalized spacial score (nSPS) is 15.7. The van der Waals surface area contributed by atoms with Crippen LogP contribution in [-0.2, 0) is 10.0 Å². The van der Waals surface area contributed by atoms with Crippen LogP contribution < -0.4 is 0 Å². The van der Waals surface area contributed by atoms with Crippen LogP contribution in [0.1, 0.15) is 32.8 Å². The van der Waals surface area contributed by atoms with Gasteiger partial charge >= 0.3 is 0 Å². The molecule has 0 aromatic heterocycles. The molecule has 22 heavy (non-hydrogen) atoms. The van der Waals surface area contributed by atoms with Gasteiger partial charge in [0.25, 0.3) is 0 Å². The molecule has 0 amide bonds. The van der Waals surface area contributed by atoms with Gasteiger partial charge in [0.1, 0.15) is 5.60 Å². The topological polar surface area (TPSA) is 49.7 Å². The van der Waals surface area contributed by atoms with Gasteiger partial charge in [-0.05, 0) is 35.8 Å². The highest BCUT2D eigenvalue weighted by atomic mass is 35.5. The van der Waals surface area contributed by atoms with Crippen molar-refractivity contribution in [1.82, 2.24) is 0 Å². The third-order valence-corrected chi connectivity index (χ3v) is 9.78. The van der Waals surface area contributed by atoms with Crippen LogP contribution in [0.2, 0.25) is 28.2 Å². The van der Waals surface area contributed by atoms with Crippen LogP contribution >= 0.6 is 23.2 Å². The van der Waals surface area contributed by atoms with Crippen molar-refractivity contribution in [3.8, 4) is 0 Å².